The van der Waals surface area contributed by atoms with Crippen molar-refractivity contribution in [2.24, 2.45) is 11.3 Å². The van der Waals surface area contributed by atoms with Gasteiger partial charge < -0.3 is 10.2 Å². The molecule has 0 radical (unpaired) electrons. The van der Waals surface area contributed by atoms with Gasteiger partial charge in [0.25, 0.3) is 0 Å². The van der Waals surface area contributed by atoms with Crippen LogP contribution in [0, 0.1) is 11.3 Å². The monoisotopic (exact) mass is 348 g/mol. The Morgan fingerprint density at radius 1 is 1.25 bits per heavy atom. The van der Waals surface area contributed by atoms with Gasteiger partial charge in [-0.3, -0.25) is 4.79 Å². The molecule has 3 nitrogen and oxygen atoms in total. The maximum absolute atomic E-state index is 13.0. The summed E-state index contributed by atoms with van der Waals surface area (Å²) in [6.07, 6.45) is 4.46. The number of anilines is 1. The van der Waals surface area contributed by atoms with E-state index in [9.17, 15) is 4.79 Å². The molecule has 1 saturated carbocycles. The van der Waals surface area contributed by atoms with Crippen LogP contribution in [0.25, 0.3) is 0 Å². The van der Waals surface area contributed by atoms with Crippen molar-refractivity contribution >= 4 is 24.0 Å². The first-order valence-corrected chi connectivity index (χ1v) is 9.06. The summed E-state index contributed by atoms with van der Waals surface area (Å²) in [6, 6.07) is 6.70. The van der Waals surface area contributed by atoms with Gasteiger partial charge in [0.2, 0.25) is 5.91 Å². The summed E-state index contributed by atoms with van der Waals surface area (Å²) in [5.74, 6) is 0.659. The molecule has 24 heavy (non-hydrogen) atoms. The number of carbonyl (C=O) groups is 1. The van der Waals surface area contributed by atoms with Crippen LogP contribution in [-0.4, -0.2) is 25.5 Å². The summed E-state index contributed by atoms with van der Waals surface area (Å²) in [7, 11) is 0. The molecule has 132 valence electrons. The van der Waals surface area contributed by atoms with Crippen molar-refractivity contribution in [2.45, 2.75) is 51.9 Å². The second-order valence-electron chi connectivity index (χ2n) is 8.70. The molecule has 0 aromatic heterocycles. The third-order valence-corrected chi connectivity index (χ3v) is 6.19. The molecule has 1 spiro atoms. The quantitative estimate of drug-likeness (QED) is 0.839. The van der Waals surface area contributed by atoms with E-state index < -0.39 is 0 Å². The Morgan fingerprint density at radius 3 is 2.62 bits per heavy atom. The van der Waals surface area contributed by atoms with Gasteiger partial charge in [0.05, 0.1) is 0 Å². The van der Waals surface area contributed by atoms with Crippen molar-refractivity contribution in [3.8, 4) is 0 Å². The molecule has 1 atom stereocenters. The number of fused-ring (bicyclic) bond motifs is 1. The summed E-state index contributed by atoms with van der Waals surface area (Å²) in [6.45, 7) is 9.77. The van der Waals surface area contributed by atoms with Crippen LogP contribution in [0.3, 0.4) is 0 Å². The van der Waals surface area contributed by atoms with Gasteiger partial charge in [-0.15, -0.1) is 12.4 Å². The first-order valence-electron chi connectivity index (χ1n) is 9.06. The third kappa shape index (κ3) is 2.86. The van der Waals surface area contributed by atoms with E-state index in [2.05, 4.69) is 49.2 Å². The number of nitrogens with zero attached hydrogens (tertiary/aromatic N) is 1. The largest absolute Gasteiger partial charge is 0.317 e. The van der Waals surface area contributed by atoms with E-state index >= 15 is 0 Å². The van der Waals surface area contributed by atoms with Crippen LogP contribution in [0.2, 0.25) is 0 Å². The van der Waals surface area contributed by atoms with Crippen LogP contribution >= 0.6 is 12.4 Å². The van der Waals surface area contributed by atoms with Crippen molar-refractivity contribution in [1.29, 1.82) is 0 Å². The van der Waals surface area contributed by atoms with Crippen molar-refractivity contribution in [3.63, 3.8) is 0 Å². The maximum Gasteiger partial charge on any atom is 0.230 e. The summed E-state index contributed by atoms with van der Waals surface area (Å²) in [5.41, 5.74) is 4.38. The minimum atomic E-state index is 0. The van der Waals surface area contributed by atoms with Gasteiger partial charge in [-0.1, -0.05) is 32.9 Å². The second-order valence-corrected chi connectivity index (χ2v) is 8.70. The van der Waals surface area contributed by atoms with Gasteiger partial charge in [-0.2, -0.15) is 0 Å². The summed E-state index contributed by atoms with van der Waals surface area (Å²) in [5, 5.41) is 3.42. The molecule has 4 heteroatoms. The molecule has 1 saturated heterocycles. The molecule has 1 aromatic rings. The number of halogens is 1. The average molecular weight is 349 g/mol. The van der Waals surface area contributed by atoms with E-state index in [0.717, 1.165) is 32.5 Å². The predicted octanol–water partition coefficient (Wildman–Crippen LogP) is 3.68. The SMILES string of the molecule is CC(C)(C)c1ccc2c(c1)CCN2C(=O)C1CC12CCNCC2.Cl. The Bertz CT molecular complexity index is 644. The summed E-state index contributed by atoms with van der Waals surface area (Å²) in [4.78, 5) is 15.1. The molecule has 1 unspecified atom stereocenters. The molecule has 3 aliphatic rings. The molecule has 2 fully saturated rings. The Kier molecular flexibility index (Phi) is 4.46. The minimum absolute atomic E-state index is 0. The lowest BCUT2D eigenvalue weighted by molar-refractivity contribution is -0.120. The Balaban J connectivity index is 0.00000169. The van der Waals surface area contributed by atoms with Crippen LogP contribution < -0.4 is 10.2 Å². The van der Waals surface area contributed by atoms with E-state index in [0.29, 0.717) is 11.3 Å². The number of rotatable bonds is 1. The minimum Gasteiger partial charge on any atom is -0.317 e. The molecule has 0 bridgehead atoms. The van der Waals surface area contributed by atoms with E-state index in [1.54, 1.807) is 0 Å². The first-order chi connectivity index (χ1) is 10.9. The predicted molar refractivity (Wildman–Crippen MR) is 101 cm³/mol. The highest BCUT2D eigenvalue weighted by atomic mass is 35.5. The smallest absolute Gasteiger partial charge is 0.230 e. The lowest BCUT2D eigenvalue weighted by Crippen LogP contribution is -2.35. The van der Waals surface area contributed by atoms with Gasteiger partial charge in [0, 0.05) is 18.2 Å². The molecular formula is C20H29ClN2O. The van der Waals surface area contributed by atoms with E-state index in [1.807, 2.05) is 0 Å². The van der Waals surface area contributed by atoms with Crippen LogP contribution in [0.1, 0.15) is 51.2 Å². The lowest BCUT2D eigenvalue weighted by atomic mass is 9.86. The number of amides is 1. The number of piperidine rings is 1. The van der Waals surface area contributed by atoms with E-state index in [-0.39, 0.29) is 23.7 Å². The van der Waals surface area contributed by atoms with Gasteiger partial charge in [-0.25, -0.2) is 0 Å². The highest BCUT2D eigenvalue weighted by Gasteiger charge is 2.59. The van der Waals surface area contributed by atoms with E-state index in [4.69, 9.17) is 0 Å². The van der Waals surface area contributed by atoms with Crippen molar-refractivity contribution < 1.29 is 4.79 Å². The fourth-order valence-corrected chi connectivity index (χ4v) is 4.46. The molecule has 1 N–H and O–H groups in total. The Labute approximate surface area is 151 Å². The van der Waals surface area contributed by atoms with Gasteiger partial charge in [0.15, 0.2) is 0 Å². The van der Waals surface area contributed by atoms with Crippen molar-refractivity contribution in [3.05, 3.63) is 29.3 Å². The zero-order valence-corrected chi connectivity index (χ0v) is 15.8. The van der Waals surface area contributed by atoms with Crippen LogP contribution in [0.4, 0.5) is 5.69 Å². The molecule has 2 heterocycles. The van der Waals surface area contributed by atoms with Gasteiger partial charge in [0.1, 0.15) is 0 Å². The maximum atomic E-state index is 13.0. The van der Waals surface area contributed by atoms with Gasteiger partial charge in [-0.05, 0) is 66.8 Å². The van der Waals surface area contributed by atoms with Gasteiger partial charge >= 0.3 is 0 Å². The summed E-state index contributed by atoms with van der Waals surface area (Å²) < 4.78 is 0. The number of benzene rings is 1. The topological polar surface area (TPSA) is 32.3 Å². The zero-order chi connectivity index (χ0) is 16.2. The number of hydrogen-bond donors (Lipinski definition) is 1. The fourth-order valence-electron chi connectivity index (χ4n) is 4.46. The third-order valence-electron chi connectivity index (χ3n) is 6.19. The Hall–Kier alpha value is -1.06. The molecule has 4 rings (SSSR count). The summed E-state index contributed by atoms with van der Waals surface area (Å²) >= 11 is 0. The second kappa shape index (κ2) is 6.03. The average Bonchev–Trinajstić information content (AvgIpc) is 3.04. The van der Waals surface area contributed by atoms with Crippen LogP contribution in [0.5, 0.6) is 0 Å². The van der Waals surface area contributed by atoms with E-state index in [1.165, 1.54) is 29.7 Å². The molecule has 2 aliphatic heterocycles. The standard InChI is InChI=1S/C20H28N2O.ClH/c1-19(2,3)15-4-5-17-14(12-15)6-11-22(17)18(23)16-13-20(16)7-9-21-10-8-20;/h4-5,12,16,21H,6-11,13H2,1-3H3;1H. The molecule has 1 amide bonds. The number of carbonyl (C=O) groups excluding carboxylic acids is 1. The van der Waals surface area contributed by atoms with Crippen LogP contribution in [-0.2, 0) is 16.6 Å². The Morgan fingerprint density at radius 2 is 1.96 bits per heavy atom. The molecule has 1 aliphatic carbocycles. The highest BCUT2D eigenvalue weighted by molar-refractivity contribution is 5.99. The van der Waals surface area contributed by atoms with Crippen LogP contribution in [0.15, 0.2) is 18.2 Å². The number of nitrogens with one attached hydrogen (secondary N) is 1. The first kappa shape index (κ1) is 17.8. The highest BCUT2D eigenvalue weighted by Crippen LogP contribution is 2.59. The lowest BCUT2D eigenvalue weighted by Gasteiger charge is -2.25. The molecular weight excluding hydrogens is 320 g/mol. The number of hydrogen-bond acceptors (Lipinski definition) is 2. The zero-order valence-electron chi connectivity index (χ0n) is 15.0. The fraction of sp³-hybridized carbons (Fsp3) is 0.650. The molecule has 1 aromatic carbocycles. The normalized spacial score (nSPS) is 24.5. The van der Waals surface area contributed by atoms with Crippen molar-refractivity contribution in [2.75, 3.05) is 24.5 Å². The van der Waals surface area contributed by atoms with Crippen molar-refractivity contribution in [1.82, 2.24) is 5.32 Å².